The first kappa shape index (κ1) is 19.1. The van der Waals surface area contributed by atoms with Gasteiger partial charge in [0.2, 0.25) is 4.80 Å². The second-order valence-electron chi connectivity index (χ2n) is 6.77. The predicted octanol–water partition coefficient (Wildman–Crippen LogP) is 5.80. The van der Waals surface area contributed by atoms with Crippen molar-refractivity contribution in [2.75, 3.05) is 6.61 Å². The van der Waals surface area contributed by atoms with Crippen molar-refractivity contribution in [3.63, 3.8) is 0 Å². The number of aromatic amines is 1. The first-order chi connectivity index (χ1) is 15.3. The molecule has 0 atom stereocenters. The molecule has 0 fully saturated rings. The summed E-state index contributed by atoms with van der Waals surface area (Å²) >= 11 is 1.51. The molecule has 0 radical (unpaired) electrons. The molecule has 154 valence electrons. The lowest BCUT2D eigenvalue weighted by Crippen LogP contribution is -2.11. The molecule has 6 nitrogen and oxygen atoms in total. The summed E-state index contributed by atoms with van der Waals surface area (Å²) in [5, 5.41) is 7.88. The maximum Gasteiger partial charge on any atom is 0.211 e. The molecule has 0 spiro atoms. The Morgan fingerprint density at radius 2 is 1.97 bits per heavy atom. The van der Waals surface area contributed by atoms with E-state index in [9.17, 15) is 0 Å². The number of rotatable bonds is 6. The van der Waals surface area contributed by atoms with Crippen LogP contribution >= 0.6 is 11.3 Å². The van der Waals surface area contributed by atoms with Crippen LogP contribution in [0.3, 0.4) is 0 Å². The number of ether oxygens (including phenoxy) is 1. The Morgan fingerprint density at radius 1 is 1.10 bits per heavy atom. The van der Waals surface area contributed by atoms with Crippen molar-refractivity contribution in [3.05, 3.63) is 88.9 Å². The third kappa shape index (κ3) is 3.95. The van der Waals surface area contributed by atoms with Gasteiger partial charge in [0.25, 0.3) is 0 Å². The summed E-state index contributed by atoms with van der Waals surface area (Å²) in [6, 6.07) is 19.6. The van der Waals surface area contributed by atoms with Crippen LogP contribution < -0.4 is 9.54 Å². The van der Waals surface area contributed by atoms with Gasteiger partial charge in [0.05, 0.1) is 24.8 Å². The van der Waals surface area contributed by atoms with Crippen molar-refractivity contribution in [2.45, 2.75) is 6.92 Å². The van der Waals surface area contributed by atoms with Gasteiger partial charge in [-0.3, -0.25) is 0 Å². The first-order valence-electron chi connectivity index (χ1n) is 9.94. The molecule has 0 saturated heterocycles. The summed E-state index contributed by atoms with van der Waals surface area (Å²) in [5.74, 6) is 1.56. The van der Waals surface area contributed by atoms with Crippen LogP contribution in [0.4, 0.5) is 5.69 Å². The molecule has 3 heterocycles. The Bertz CT molecular complexity index is 1390. The van der Waals surface area contributed by atoms with E-state index in [0.29, 0.717) is 6.61 Å². The van der Waals surface area contributed by atoms with Crippen LogP contribution in [0.5, 0.6) is 5.75 Å². The molecule has 0 aliphatic rings. The normalized spacial score (nSPS) is 12.2. The van der Waals surface area contributed by atoms with Crippen molar-refractivity contribution in [1.29, 1.82) is 0 Å². The quantitative estimate of drug-likeness (QED) is 0.347. The van der Waals surface area contributed by atoms with Crippen LogP contribution in [-0.4, -0.2) is 22.5 Å². The number of nitrogens with one attached hydrogen (secondary N) is 1. The van der Waals surface area contributed by atoms with Gasteiger partial charge in [-0.05, 0) is 49.4 Å². The highest BCUT2D eigenvalue weighted by molar-refractivity contribution is 7.07. The Balaban J connectivity index is 1.58. The zero-order chi connectivity index (χ0) is 21.0. The zero-order valence-corrected chi connectivity index (χ0v) is 17.7. The molecule has 1 N–H and O–H groups in total. The number of nitrogens with zero attached hydrogens (tertiary/aromatic N) is 3. The molecule has 0 unspecified atom stereocenters. The second-order valence-corrected chi connectivity index (χ2v) is 7.60. The molecule has 0 bridgehead atoms. The predicted molar refractivity (Wildman–Crippen MR) is 124 cm³/mol. The van der Waals surface area contributed by atoms with Crippen molar-refractivity contribution >= 4 is 34.1 Å². The number of furan rings is 1. The van der Waals surface area contributed by atoms with Crippen LogP contribution in [0, 0.1) is 0 Å². The molecular formula is C24H20N4O2S. The lowest BCUT2D eigenvalue weighted by molar-refractivity contribution is 0.340. The Morgan fingerprint density at radius 3 is 2.77 bits per heavy atom. The lowest BCUT2D eigenvalue weighted by Gasteiger charge is -2.02. The number of hydrogen-bond acceptors (Lipinski definition) is 5. The zero-order valence-electron chi connectivity index (χ0n) is 16.9. The highest BCUT2D eigenvalue weighted by Crippen LogP contribution is 2.23. The third-order valence-electron chi connectivity index (χ3n) is 4.76. The van der Waals surface area contributed by atoms with E-state index in [2.05, 4.69) is 11.1 Å². The number of hydrogen-bond donors (Lipinski definition) is 1. The largest absolute Gasteiger partial charge is 0.494 e. The van der Waals surface area contributed by atoms with E-state index >= 15 is 0 Å². The number of fused-ring (bicyclic) bond motifs is 1. The molecule has 0 amide bonds. The highest BCUT2D eigenvalue weighted by atomic mass is 32.1. The van der Waals surface area contributed by atoms with Gasteiger partial charge < -0.3 is 14.1 Å². The molecular weight excluding hydrogens is 408 g/mol. The van der Waals surface area contributed by atoms with Gasteiger partial charge in [-0.2, -0.15) is 5.10 Å². The maximum atomic E-state index is 5.62. The molecule has 3 aromatic heterocycles. The van der Waals surface area contributed by atoms with E-state index in [4.69, 9.17) is 19.2 Å². The molecule has 0 aliphatic heterocycles. The summed E-state index contributed by atoms with van der Waals surface area (Å²) < 4.78 is 12.9. The topological polar surface area (TPSA) is 67.8 Å². The van der Waals surface area contributed by atoms with Gasteiger partial charge in [-0.1, -0.05) is 18.2 Å². The average Bonchev–Trinajstić information content (AvgIpc) is 3.54. The van der Waals surface area contributed by atoms with Crippen molar-refractivity contribution in [2.24, 2.45) is 10.1 Å². The first-order valence-corrected chi connectivity index (χ1v) is 10.8. The summed E-state index contributed by atoms with van der Waals surface area (Å²) in [5.41, 5.74) is 3.75. The minimum absolute atomic E-state index is 0.635. The van der Waals surface area contributed by atoms with Crippen LogP contribution in [-0.2, 0) is 0 Å². The summed E-state index contributed by atoms with van der Waals surface area (Å²) in [6.07, 6.45) is 5.45. The van der Waals surface area contributed by atoms with Crippen molar-refractivity contribution in [3.8, 4) is 17.2 Å². The van der Waals surface area contributed by atoms with Crippen LogP contribution in [0.2, 0.25) is 0 Å². The van der Waals surface area contributed by atoms with Crippen molar-refractivity contribution < 1.29 is 9.15 Å². The number of aromatic nitrogens is 2. The van der Waals surface area contributed by atoms with Gasteiger partial charge in [0, 0.05) is 28.0 Å². The number of para-hydroxylation sites is 1. The van der Waals surface area contributed by atoms with E-state index in [0.717, 1.165) is 44.2 Å². The van der Waals surface area contributed by atoms with Gasteiger partial charge in [0.15, 0.2) is 5.76 Å². The van der Waals surface area contributed by atoms with Gasteiger partial charge in [0.1, 0.15) is 11.4 Å². The van der Waals surface area contributed by atoms with Crippen LogP contribution in [0.1, 0.15) is 12.5 Å². The molecule has 0 saturated carbocycles. The molecule has 31 heavy (non-hydrogen) atoms. The minimum Gasteiger partial charge on any atom is -0.494 e. The Labute approximate surface area is 182 Å². The van der Waals surface area contributed by atoms with E-state index in [1.165, 1.54) is 11.3 Å². The Hall–Kier alpha value is -3.84. The lowest BCUT2D eigenvalue weighted by atomic mass is 10.2. The molecule has 7 heteroatoms. The fourth-order valence-electron chi connectivity index (χ4n) is 3.30. The van der Waals surface area contributed by atoms with Crippen molar-refractivity contribution in [1.82, 2.24) is 9.66 Å². The van der Waals surface area contributed by atoms with E-state index in [-0.39, 0.29) is 0 Å². The molecule has 0 aliphatic carbocycles. The fraction of sp³-hybridized carbons (Fsp3) is 0.0833. The highest BCUT2D eigenvalue weighted by Gasteiger charge is 2.10. The van der Waals surface area contributed by atoms with E-state index in [1.54, 1.807) is 6.26 Å². The number of thiazole rings is 1. The van der Waals surface area contributed by atoms with Gasteiger partial charge >= 0.3 is 0 Å². The van der Waals surface area contributed by atoms with Crippen LogP contribution in [0.15, 0.2) is 93.0 Å². The van der Waals surface area contributed by atoms with E-state index in [1.807, 2.05) is 84.0 Å². The monoisotopic (exact) mass is 428 g/mol. The molecule has 2 aromatic carbocycles. The average molecular weight is 429 g/mol. The minimum atomic E-state index is 0.635. The van der Waals surface area contributed by atoms with Crippen LogP contribution in [0.25, 0.3) is 22.4 Å². The Kier molecular flexibility index (Phi) is 5.24. The number of H-pyrrole nitrogens is 1. The third-order valence-corrected chi connectivity index (χ3v) is 5.58. The SMILES string of the molecule is CCOc1ccc(N=c2scc(-c3ccco3)n2/N=C/c2c[nH]c3ccccc23)cc1. The summed E-state index contributed by atoms with van der Waals surface area (Å²) in [4.78, 5) is 8.82. The van der Waals surface area contributed by atoms with Gasteiger partial charge in [-0.25, -0.2) is 9.67 Å². The summed E-state index contributed by atoms with van der Waals surface area (Å²) in [7, 11) is 0. The fourth-order valence-corrected chi connectivity index (χ4v) is 4.13. The van der Waals surface area contributed by atoms with E-state index < -0.39 is 0 Å². The van der Waals surface area contributed by atoms with Gasteiger partial charge in [-0.15, -0.1) is 11.3 Å². The number of benzene rings is 2. The smallest absolute Gasteiger partial charge is 0.211 e. The second kappa shape index (κ2) is 8.49. The summed E-state index contributed by atoms with van der Waals surface area (Å²) in [6.45, 7) is 2.60. The maximum absolute atomic E-state index is 5.62. The molecule has 5 rings (SSSR count). The standard InChI is InChI=1S/C24H20N4O2S/c1-2-29-19-11-9-18(10-12-19)27-24-28(22(16-31-24)23-8-5-13-30-23)26-15-17-14-25-21-7-4-3-6-20(17)21/h3-16,25H,2H2,1H3/b26-15+,27-24?. The molecule has 5 aromatic rings.